The monoisotopic (exact) mass is 332 g/mol. The molecule has 2 saturated carbocycles. The van der Waals surface area contributed by atoms with Crippen molar-refractivity contribution in [2.24, 2.45) is 11.3 Å². The highest BCUT2D eigenvalue weighted by molar-refractivity contribution is 5.95. The van der Waals surface area contributed by atoms with Crippen LogP contribution in [-0.4, -0.2) is 34.7 Å². The maximum atomic E-state index is 12.6. The van der Waals surface area contributed by atoms with E-state index in [1.54, 1.807) is 0 Å². The zero-order valence-electron chi connectivity index (χ0n) is 13.2. The van der Waals surface area contributed by atoms with Crippen molar-refractivity contribution in [2.75, 3.05) is 6.61 Å². The number of nitro benzene ring substituents is 1. The van der Waals surface area contributed by atoms with Crippen LogP contribution in [0.2, 0.25) is 0 Å². The zero-order chi connectivity index (χ0) is 16.9. The number of phenolic OH excluding ortho intramolecular Hbond substituents is 1. The number of ether oxygens (including phenoxy) is 1. The molecule has 1 amide bonds. The number of aromatic hydroxyl groups is 1. The molecule has 0 aromatic heterocycles. The maximum Gasteiger partial charge on any atom is 0.311 e. The van der Waals surface area contributed by atoms with Crippen molar-refractivity contribution in [3.63, 3.8) is 0 Å². The minimum Gasteiger partial charge on any atom is -0.502 e. The first-order valence-electron chi connectivity index (χ1n) is 8.43. The van der Waals surface area contributed by atoms with E-state index in [1.807, 2.05) is 0 Å². The summed E-state index contributed by atoms with van der Waals surface area (Å²) in [6, 6.07) is 3.82. The number of carbonyl (C=O) groups excluding carboxylic acids is 1. The van der Waals surface area contributed by atoms with Gasteiger partial charge in [-0.25, -0.2) is 0 Å². The highest BCUT2D eigenvalue weighted by atomic mass is 16.6. The molecular weight excluding hydrogens is 312 g/mol. The predicted octanol–water partition coefficient (Wildman–Crippen LogP) is 2.38. The highest BCUT2D eigenvalue weighted by Gasteiger charge is 2.65. The molecule has 0 bridgehead atoms. The van der Waals surface area contributed by atoms with Gasteiger partial charge in [-0.1, -0.05) is 12.8 Å². The molecule has 3 aliphatic rings. The number of rotatable bonds is 3. The Morgan fingerprint density at radius 2 is 2.12 bits per heavy atom. The molecule has 2 N–H and O–H groups in total. The number of hydrogen-bond donors (Lipinski definition) is 2. The summed E-state index contributed by atoms with van der Waals surface area (Å²) in [5.41, 5.74) is -0.205. The second-order valence-electron chi connectivity index (χ2n) is 7.10. The van der Waals surface area contributed by atoms with Crippen molar-refractivity contribution < 1.29 is 19.6 Å². The average molecular weight is 332 g/mol. The summed E-state index contributed by atoms with van der Waals surface area (Å²) in [6.45, 7) is 0.744. The molecule has 24 heavy (non-hydrogen) atoms. The Morgan fingerprint density at radius 1 is 1.38 bits per heavy atom. The number of nitrogens with one attached hydrogen (secondary N) is 1. The molecule has 3 atom stereocenters. The number of phenols is 1. The van der Waals surface area contributed by atoms with Crippen molar-refractivity contribution in [3.8, 4) is 5.75 Å². The smallest absolute Gasteiger partial charge is 0.311 e. The van der Waals surface area contributed by atoms with Crippen LogP contribution < -0.4 is 5.32 Å². The summed E-state index contributed by atoms with van der Waals surface area (Å²) >= 11 is 0. The Morgan fingerprint density at radius 3 is 2.83 bits per heavy atom. The zero-order valence-corrected chi connectivity index (χ0v) is 13.2. The van der Waals surface area contributed by atoms with E-state index in [2.05, 4.69) is 5.32 Å². The minimum atomic E-state index is -0.686. The van der Waals surface area contributed by atoms with Gasteiger partial charge in [-0.3, -0.25) is 14.9 Å². The fraction of sp³-hybridized carbons (Fsp3) is 0.588. The van der Waals surface area contributed by atoms with Crippen molar-refractivity contribution in [2.45, 2.75) is 44.2 Å². The lowest BCUT2D eigenvalue weighted by Crippen LogP contribution is -2.68. The van der Waals surface area contributed by atoms with E-state index < -0.39 is 16.4 Å². The maximum absolute atomic E-state index is 12.6. The van der Waals surface area contributed by atoms with Gasteiger partial charge in [0.05, 0.1) is 11.0 Å². The molecule has 1 aliphatic heterocycles. The highest BCUT2D eigenvalue weighted by Crippen LogP contribution is 2.60. The van der Waals surface area contributed by atoms with Crippen molar-refractivity contribution >= 4 is 11.6 Å². The lowest BCUT2D eigenvalue weighted by molar-refractivity contribution is -0.385. The fourth-order valence-electron chi connectivity index (χ4n) is 4.94. The number of fused-ring (bicyclic) bond motifs is 2. The van der Waals surface area contributed by atoms with Gasteiger partial charge in [0.15, 0.2) is 5.75 Å². The number of carbonyl (C=O) groups is 1. The normalized spacial score (nSPS) is 29.9. The van der Waals surface area contributed by atoms with Crippen molar-refractivity contribution in [1.29, 1.82) is 0 Å². The summed E-state index contributed by atoms with van der Waals surface area (Å²) < 4.78 is 5.90. The van der Waals surface area contributed by atoms with Crippen LogP contribution in [0.15, 0.2) is 18.2 Å². The first-order valence-corrected chi connectivity index (χ1v) is 8.43. The van der Waals surface area contributed by atoms with Gasteiger partial charge in [-0.2, -0.15) is 0 Å². The van der Waals surface area contributed by atoms with Crippen molar-refractivity contribution in [3.05, 3.63) is 33.9 Å². The third kappa shape index (κ3) is 2.11. The Bertz CT molecular complexity index is 698. The van der Waals surface area contributed by atoms with Gasteiger partial charge in [0.25, 0.3) is 5.91 Å². The van der Waals surface area contributed by atoms with Crippen LogP contribution in [0.1, 0.15) is 42.5 Å². The minimum absolute atomic E-state index is 0.0413. The van der Waals surface area contributed by atoms with Gasteiger partial charge >= 0.3 is 5.69 Å². The number of nitrogens with zero attached hydrogens (tertiary/aromatic N) is 1. The Kier molecular flexibility index (Phi) is 3.49. The van der Waals surface area contributed by atoms with E-state index in [4.69, 9.17) is 4.74 Å². The van der Waals surface area contributed by atoms with E-state index in [-0.39, 0.29) is 29.0 Å². The molecule has 1 saturated heterocycles. The number of nitro groups is 1. The van der Waals surface area contributed by atoms with Gasteiger partial charge < -0.3 is 15.2 Å². The molecule has 4 rings (SSSR count). The van der Waals surface area contributed by atoms with E-state index in [0.717, 1.165) is 44.8 Å². The summed E-state index contributed by atoms with van der Waals surface area (Å²) in [5.74, 6) is -0.407. The molecule has 2 aliphatic carbocycles. The van der Waals surface area contributed by atoms with Gasteiger partial charge in [0.2, 0.25) is 0 Å². The third-order valence-electron chi connectivity index (χ3n) is 6.01. The summed E-state index contributed by atoms with van der Waals surface area (Å²) in [4.78, 5) is 22.9. The molecule has 3 fully saturated rings. The molecule has 7 heteroatoms. The van der Waals surface area contributed by atoms with Crippen LogP contribution in [0, 0.1) is 21.4 Å². The fourth-order valence-corrected chi connectivity index (χ4v) is 4.94. The molecule has 0 radical (unpaired) electrons. The Labute approximate surface area is 139 Å². The van der Waals surface area contributed by atoms with Gasteiger partial charge in [-0.05, 0) is 31.4 Å². The lowest BCUT2D eigenvalue weighted by atomic mass is 9.54. The first-order chi connectivity index (χ1) is 11.5. The summed E-state index contributed by atoms with van der Waals surface area (Å²) in [5, 5.41) is 23.6. The van der Waals surface area contributed by atoms with E-state index in [1.165, 1.54) is 12.1 Å². The molecule has 3 unspecified atom stereocenters. The second-order valence-corrected chi connectivity index (χ2v) is 7.10. The average Bonchev–Trinajstić information content (AvgIpc) is 3.21. The summed E-state index contributed by atoms with van der Waals surface area (Å²) in [7, 11) is 0. The first kappa shape index (κ1) is 15.4. The van der Waals surface area contributed by atoms with Crippen LogP contribution >= 0.6 is 0 Å². The Hall–Kier alpha value is -2.15. The van der Waals surface area contributed by atoms with Gasteiger partial charge in [0.1, 0.15) is 0 Å². The Balaban J connectivity index is 1.56. The molecule has 1 aromatic carbocycles. The van der Waals surface area contributed by atoms with Crippen LogP contribution in [0.25, 0.3) is 0 Å². The second kappa shape index (κ2) is 5.44. The number of benzene rings is 1. The van der Waals surface area contributed by atoms with Gasteiger partial charge in [-0.15, -0.1) is 0 Å². The van der Waals surface area contributed by atoms with E-state index >= 15 is 0 Å². The molecule has 128 valence electrons. The van der Waals surface area contributed by atoms with E-state index in [9.17, 15) is 20.0 Å². The number of hydrogen-bond acceptors (Lipinski definition) is 5. The predicted molar refractivity (Wildman–Crippen MR) is 84.8 cm³/mol. The lowest BCUT2D eigenvalue weighted by Gasteiger charge is -2.56. The van der Waals surface area contributed by atoms with Gasteiger partial charge in [0, 0.05) is 35.6 Å². The standard InChI is InChI=1S/C17H20N2O5/c20-13-4-3-10(9-12(13)19(22)23)16(21)18-14-11-5-8-24-15(11)17(14)6-1-2-7-17/h3-4,9,11,14-15,20H,1-2,5-8H2,(H,18,21). The molecule has 1 spiro atoms. The topological polar surface area (TPSA) is 102 Å². The quantitative estimate of drug-likeness (QED) is 0.653. The molecule has 1 heterocycles. The van der Waals surface area contributed by atoms with Crippen LogP contribution in [0.4, 0.5) is 5.69 Å². The molecule has 7 nitrogen and oxygen atoms in total. The molecule has 1 aromatic rings. The van der Waals surface area contributed by atoms with Crippen LogP contribution in [0.3, 0.4) is 0 Å². The molecular formula is C17H20N2O5. The van der Waals surface area contributed by atoms with Crippen molar-refractivity contribution in [1.82, 2.24) is 5.32 Å². The van der Waals surface area contributed by atoms with Crippen LogP contribution in [-0.2, 0) is 4.74 Å². The largest absolute Gasteiger partial charge is 0.502 e. The number of amides is 1. The van der Waals surface area contributed by atoms with E-state index in [0.29, 0.717) is 5.92 Å². The SMILES string of the molecule is O=C(NC1C2CCOC2C12CCCC2)c1ccc(O)c([N+](=O)[O-])c1. The van der Waals surface area contributed by atoms with Crippen LogP contribution in [0.5, 0.6) is 5.75 Å². The summed E-state index contributed by atoms with van der Waals surface area (Å²) in [6.07, 6.45) is 5.64. The third-order valence-corrected chi connectivity index (χ3v) is 6.01.